The van der Waals surface area contributed by atoms with Crippen LogP contribution < -0.4 is 5.32 Å². The fourth-order valence-electron chi connectivity index (χ4n) is 0.671. The fraction of sp³-hybridized carbons (Fsp3) is 0.909. The molecular formula is C11H25NO. The van der Waals surface area contributed by atoms with Gasteiger partial charge in [-0.05, 0) is 24.7 Å². The zero-order chi connectivity index (χ0) is 10.7. The number of hydrogen-bond donors (Lipinski definition) is 1. The first-order chi connectivity index (χ1) is 6.00. The van der Waals surface area contributed by atoms with Crippen molar-refractivity contribution in [3.8, 4) is 0 Å². The standard InChI is InChI=1S/C7H15NO.C4H10/c1-7(2)4-3-5-8-6-9;1-4(2)3/h6-7H,3-5H2,1-2H3,(H,8,9);4H,1-3H3. The van der Waals surface area contributed by atoms with Crippen LogP contribution in [0.15, 0.2) is 0 Å². The Morgan fingerprint density at radius 3 is 1.92 bits per heavy atom. The molecule has 80 valence electrons. The lowest BCUT2D eigenvalue weighted by Crippen LogP contribution is -2.12. The van der Waals surface area contributed by atoms with E-state index in [2.05, 4.69) is 39.9 Å². The van der Waals surface area contributed by atoms with Crippen LogP contribution in [-0.4, -0.2) is 13.0 Å². The quantitative estimate of drug-likeness (QED) is 0.520. The number of nitrogens with one attached hydrogen (secondary N) is 1. The van der Waals surface area contributed by atoms with Crippen LogP contribution in [0.5, 0.6) is 0 Å². The van der Waals surface area contributed by atoms with E-state index in [9.17, 15) is 4.79 Å². The van der Waals surface area contributed by atoms with E-state index in [4.69, 9.17) is 0 Å². The minimum atomic E-state index is 0.749. The first-order valence-corrected chi connectivity index (χ1v) is 5.17. The van der Waals surface area contributed by atoms with Gasteiger partial charge in [0.1, 0.15) is 0 Å². The van der Waals surface area contributed by atoms with E-state index in [1.165, 1.54) is 6.42 Å². The van der Waals surface area contributed by atoms with Crippen LogP contribution in [0.4, 0.5) is 0 Å². The average molecular weight is 187 g/mol. The lowest BCUT2D eigenvalue weighted by molar-refractivity contribution is -0.109. The molecule has 2 heteroatoms. The predicted molar refractivity (Wildman–Crippen MR) is 58.7 cm³/mol. The molecule has 0 aromatic heterocycles. The summed E-state index contributed by atoms with van der Waals surface area (Å²) >= 11 is 0. The fourth-order valence-corrected chi connectivity index (χ4v) is 0.671. The van der Waals surface area contributed by atoms with Gasteiger partial charge in [0.25, 0.3) is 0 Å². The van der Waals surface area contributed by atoms with Gasteiger partial charge in [-0.15, -0.1) is 0 Å². The summed E-state index contributed by atoms with van der Waals surface area (Å²) in [5.41, 5.74) is 0. The zero-order valence-corrected chi connectivity index (χ0v) is 9.76. The van der Waals surface area contributed by atoms with E-state index in [0.29, 0.717) is 0 Å². The van der Waals surface area contributed by atoms with E-state index >= 15 is 0 Å². The van der Waals surface area contributed by atoms with Crippen molar-refractivity contribution >= 4 is 6.41 Å². The number of rotatable bonds is 5. The van der Waals surface area contributed by atoms with Gasteiger partial charge < -0.3 is 5.32 Å². The Balaban J connectivity index is 0. The monoisotopic (exact) mass is 187 g/mol. The highest BCUT2D eigenvalue weighted by Gasteiger charge is 1.91. The van der Waals surface area contributed by atoms with Crippen molar-refractivity contribution in [2.75, 3.05) is 6.54 Å². The van der Waals surface area contributed by atoms with Gasteiger partial charge in [0.05, 0.1) is 0 Å². The number of carbonyl (C=O) groups excluding carboxylic acids is 1. The topological polar surface area (TPSA) is 29.1 Å². The molecule has 0 aliphatic heterocycles. The van der Waals surface area contributed by atoms with Gasteiger partial charge in [-0.3, -0.25) is 4.79 Å². The van der Waals surface area contributed by atoms with Crippen molar-refractivity contribution in [3.63, 3.8) is 0 Å². The molecule has 0 bridgehead atoms. The average Bonchev–Trinajstić information content (AvgIpc) is 1.97. The smallest absolute Gasteiger partial charge is 0.207 e. The molecule has 0 atom stereocenters. The van der Waals surface area contributed by atoms with Gasteiger partial charge in [-0.25, -0.2) is 0 Å². The van der Waals surface area contributed by atoms with Crippen molar-refractivity contribution in [1.29, 1.82) is 0 Å². The summed E-state index contributed by atoms with van der Waals surface area (Å²) < 4.78 is 0. The molecule has 13 heavy (non-hydrogen) atoms. The third kappa shape index (κ3) is 34.4. The van der Waals surface area contributed by atoms with Crippen LogP contribution in [0.25, 0.3) is 0 Å². The minimum Gasteiger partial charge on any atom is -0.359 e. The second-order valence-electron chi connectivity index (χ2n) is 4.34. The molecule has 1 N–H and O–H groups in total. The van der Waals surface area contributed by atoms with Crippen molar-refractivity contribution in [2.24, 2.45) is 11.8 Å². The summed E-state index contributed by atoms with van der Waals surface area (Å²) in [6.45, 7) is 11.7. The van der Waals surface area contributed by atoms with Gasteiger partial charge in [-0.2, -0.15) is 0 Å². The Hall–Kier alpha value is -0.530. The summed E-state index contributed by atoms with van der Waals surface area (Å²) in [7, 11) is 0. The number of amides is 1. The summed E-state index contributed by atoms with van der Waals surface area (Å²) in [5, 5.41) is 2.62. The zero-order valence-electron chi connectivity index (χ0n) is 9.76. The third-order valence-electron chi connectivity index (χ3n) is 1.19. The summed E-state index contributed by atoms with van der Waals surface area (Å²) in [5.74, 6) is 1.58. The van der Waals surface area contributed by atoms with Crippen LogP contribution in [0.2, 0.25) is 0 Å². The molecule has 2 nitrogen and oxygen atoms in total. The summed E-state index contributed by atoms with van der Waals surface area (Å²) in [4.78, 5) is 9.74. The Labute approximate surface area is 83.1 Å². The molecule has 0 aromatic carbocycles. The second kappa shape index (κ2) is 11.5. The van der Waals surface area contributed by atoms with Crippen LogP contribution in [0.3, 0.4) is 0 Å². The van der Waals surface area contributed by atoms with Crippen LogP contribution in [0.1, 0.15) is 47.5 Å². The van der Waals surface area contributed by atoms with Crippen LogP contribution >= 0.6 is 0 Å². The lowest BCUT2D eigenvalue weighted by atomic mass is 10.1. The van der Waals surface area contributed by atoms with E-state index in [1.54, 1.807) is 0 Å². The van der Waals surface area contributed by atoms with Crippen molar-refractivity contribution in [3.05, 3.63) is 0 Å². The molecule has 0 rings (SSSR count). The van der Waals surface area contributed by atoms with Gasteiger partial charge in [-0.1, -0.05) is 34.6 Å². The Bertz CT molecular complexity index is 97.5. The maximum atomic E-state index is 9.74. The molecule has 0 aliphatic rings. The maximum Gasteiger partial charge on any atom is 0.207 e. The third-order valence-corrected chi connectivity index (χ3v) is 1.19. The minimum absolute atomic E-state index is 0.749. The highest BCUT2D eigenvalue weighted by atomic mass is 16.1. The Morgan fingerprint density at radius 1 is 1.15 bits per heavy atom. The Morgan fingerprint density at radius 2 is 1.62 bits per heavy atom. The highest BCUT2D eigenvalue weighted by Crippen LogP contribution is 2.01. The molecule has 0 aromatic rings. The van der Waals surface area contributed by atoms with Crippen LogP contribution in [-0.2, 0) is 4.79 Å². The van der Waals surface area contributed by atoms with Gasteiger partial charge in [0.15, 0.2) is 0 Å². The molecule has 0 unspecified atom stereocenters. The van der Waals surface area contributed by atoms with E-state index in [0.717, 1.165) is 31.2 Å². The molecule has 1 amide bonds. The van der Waals surface area contributed by atoms with E-state index in [1.807, 2.05) is 0 Å². The molecule has 0 radical (unpaired) electrons. The maximum absolute atomic E-state index is 9.74. The van der Waals surface area contributed by atoms with Gasteiger partial charge >= 0.3 is 0 Å². The summed E-state index contributed by atoms with van der Waals surface area (Å²) in [6.07, 6.45) is 3.04. The SMILES string of the molecule is CC(C)C.CC(C)CCCNC=O. The molecule has 0 saturated carbocycles. The second-order valence-corrected chi connectivity index (χ2v) is 4.34. The molecule has 0 spiro atoms. The van der Waals surface area contributed by atoms with E-state index < -0.39 is 0 Å². The van der Waals surface area contributed by atoms with Crippen LogP contribution in [0, 0.1) is 11.8 Å². The molecule has 0 saturated heterocycles. The molecule has 0 fully saturated rings. The lowest BCUT2D eigenvalue weighted by Gasteiger charge is -2.01. The number of carbonyl (C=O) groups is 1. The predicted octanol–water partition coefficient (Wildman–Crippen LogP) is 2.83. The molecular weight excluding hydrogens is 162 g/mol. The molecule has 0 aliphatic carbocycles. The first kappa shape index (κ1) is 15.0. The first-order valence-electron chi connectivity index (χ1n) is 5.17. The summed E-state index contributed by atoms with van der Waals surface area (Å²) in [6, 6.07) is 0. The largest absolute Gasteiger partial charge is 0.359 e. The van der Waals surface area contributed by atoms with Crippen molar-refractivity contribution in [2.45, 2.75) is 47.5 Å². The Kier molecular flexibility index (Phi) is 13.2. The highest BCUT2D eigenvalue weighted by molar-refractivity contribution is 5.45. The van der Waals surface area contributed by atoms with Crippen molar-refractivity contribution < 1.29 is 4.79 Å². The van der Waals surface area contributed by atoms with Gasteiger partial charge in [0, 0.05) is 6.54 Å². The normalized spacial score (nSPS) is 9.46. The molecule has 0 heterocycles. The van der Waals surface area contributed by atoms with Crippen molar-refractivity contribution in [1.82, 2.24) is 5.32 Å². The van der Waals surface area contributed by atoms with E-state index in [-0.39, 0.29) is 0 Å². The van der Waals surface area contributed by atoms with Gasteiger partial charge in [0.2, 0.25) is 6.41 Å². The number of hydrogen-bond acceptors (Lipinski definition) is 1.